The Morgan fingerprint density at radius 1 is 1.21 bits per heavy atom. The van der Waals surface area contributed by atoms with Crippen molar-refractivity contribution in [2.75, 3.05) is 6.54 Å². The van der Waals surface area contributed by atoms with E-state index in [-0.39, 0.29) is 5.91 Å². The van der Waals surface area contributed by atoms with Crippen LogP contribution in [0.2, 0.25) is 5.02 Å². The number of carbonyl (C=O) groups is 1. The van der Waals surface area contributed by atoms with Gasteiger partial charge in [-0.1, -0.05) is 39.7 Å². The summed E-state index contributed by atoms with van der Waals surface area (Å²) in [6.07, 6.45) is 2.75. The van der Waals surface area contributed by atoms with Gasteiger partial charge >= 0.3 is 0 Å². The Labute approximate surface area is 191 Å². The smallest absolute Gasteiger partial charge is 0.251 e. The van der Waals surface area contributed by atoms with Crippen LogP contribution in [0.4, 0.5) is 0 Å². The molecule has 1 amide bonds. The molecule has 0 fully saturated rings. The number of halogens is 3. The molecular weight excluding hydrogens is 522 g/mol. The van der Waals surface area contributed by atoms with Gasteiger partial charge in [-0.15, -0.1) is 0 Å². The summed E-state index contributed by atoms with van der Waals surface area (Å²) in [5.41, 5.74) is 2.54. The molecule has 0 saturated carbocycles. The van der Waals surface area contributed by atoms with Gasteiger partial charge in [-0.05, 0) is 65.2 Å². The van der Waals surface area contributed by atoms with E-state index in [2.05, 4.69) is 42.3 Å². The molecule has 152 valence electrons. The van der Waals surface area contributed by atoms with Crippen LogP contribution in [0.5, 0.6) is 5.75 Å². The van der Waals surface area contributed by atoms with Gasteiger partial charge in [0, 0.05) is 29.3 Å². The maximum Gasteiger partial charge on any atom is 0.251 e. The zero-order chi connectivity index (χ0) is 20.8. The fourth-order valence-electron chi connectivity index (χ4n) is 2.66. The quantitative estimate of drug-likeness (QED) is 0.369. The molecule has 29 heavy (non-hydrogen) atoms. The summed E-state index contributed by atoms with van der Waals surface area (Å²) in [6, 6.07) is 12.8. The Bertz CT molecular complexity index is 971. The van der Waals surface area contributed by atoms with E-state index in [1.54, 1.807) is 18.2 Å². The molecule has 3 rings (SSSR count). The van der Waals surface area contributed by atoms with Crippen LogP contribution in [0.15, 0.2) is 57.6 Å². The molecule has 5 nitrogen and oxygen atoms in total. The lowest BCUT2D eigenvalue weighted by molar-refractivity contribution is 0.0952. The van der Waals surface area contributed by atoms with Crippen molar-refractivity contribution in [3.8, 4) is 5.75 Å². The molecule has 1 heterocycles. The minimum absolute atomic E-state index is 0.0914. The molecule has 3 aromatic rings. The standard InChI is InChI=1S/C21H20Br2ClN3O2/c1-14-18(23)12-27(26-14)10-2-9-25-21(28)16-5-3-15(4-6-16)13-29-20-8-7-17(22)11-19(20)24/h3-8,11-12H,2,9-10,13H2,1H3,(H,25,28). The lowest BCUT2D eigenvalue weighted by Crippen LogP contribution is -2.25. The summed E-state index contributed by atoms with van der Waals surface area (Å²) in [5.74, 6) is 0.530. The van der Waals surface area contributed by atoms with E-state index >= 15 is 0 Å². The van der Waals surface area contributed by atoms with Crippen molar-refractivity contribution in [1.29, 1.82) is 0 Å². The number of carbonyl (C=O) groups excluding carboxylic acids is 1. The van der Waals surface area contributed by atoms with Gasteiger partial charge < -0.3 is 10.1 Å². The molecular formula is C21H20Br2ClN3O2. The Morgan fingerprint density at radius 2 is 1.97 bits per heavy atom. The molecule has 0 spiro atoms. The van der Waals surface area contributed by atoms with Crippen molar-refractivity contribution >= 4 is 49.4 Å². The highest BCUT2D eigenvalue weighted by Crippen LogP contribution is 2.28. The Balaban J connectivity index is 1.44. The fraction of sp³-hybridized carbons (Fsp3) is 0.238. The molecule has 0 unspecified atom stereocenters. The number of benzene rings is 2. The summed E-state index contributed by atoms with van der Waals surface area (Å²) < 4.78 is 9.51. The first-order valence-electron chi connectivity index (χ1n) is 9.07. The number of rotatable bonds is 8. The van der Waals surface area contributed by atoms with E-state index in [4.69, 9.17) is 16.3 Å². The topological polar surface area (TPSA) is 56.2 Å². The van der Waals surface area contributed by atoms with Crippen molar-refractivity contribution in [3.63, 3.8) is 0 Å². The van der Waals surface area contributed by atoms with Gasteiger partial charge in [0.15, 0.2) is 0 Å². The first-order valence-corrected chi connectivity index (χ1v) is 11.0. The maximum absolute atomic E-state index is 12.3. The average molecular weight is 542 g/mol. The zero-order valence-electron chi connectivity index (χ0n) is 15.8. The third-order valence-corrected chi connectivity index (χ3v) is 5.81. The third kappa shape index (κ3) is 6.32. The van der Waals surface area contributed by atoms with Crippen LogP contribution in [0, 0.1) is 6.92 Å². The van der Waals surface area contributed by atoms with E-state index in [0.717, 1.165) is 33.2 Å². The molecule has 0 atom stereocenters. The molecule has 1 N–H and O–H groups in total. The van der Waals surface area contributed by atoms with Gasteiger partial charge in [-0.3, -0.25) is 9.48 Å². The van der Waals surface area contributed by atoms with Crippen LogP contribution in [0.3, 0.4) is 0 Å². The molecule has 0 bridgehead atoms. The molecule has 0 radical (unpaired) electrons. The highest BCUT2D eigenvalue weighted by molar-refractivity contribution is 9.10. The lowest BCUT2D eigenvalue weighted by atomic mass is 10.1. The largest absolute Gasteiger partial charge is 0.487 e. The van der Waals surface area contributed by atoms with Gasteiger partial charge in [-0.25, -0.2) is 0 Å². The van der Waals surface area contributed by atoms with Crippen LogP contribution < -0.4 is 10.1 Å². The maximum atomic E-state index is 12.3. The van der Waals surface area contributed by atoms with Crippen LogP contribution in [-0.4, -0.2) is 22.2 Å². The summed E-state index contributed by atoms with van der Waals surface area (Å²) in [5, 5.41) is 7.86. The molecule has 1 aromatic heterocycles. The number of amides is 1. The highest BCUT2D eigenvalue weighted by atomic mass is 79.9. The highest BCUT2D eigenvalue weighted by Gasteiger charge is 2.07. The van der Waals surface area contributed by atoms with Crippen LogP contribution in [-0.2, 0) is 13.2 Å². The first kappa shape index (κ1) is 21.9. The van der Waals surface area contributed by atoms with E-state index in [9.17, 15) is 4.79 Å². The minimum Gasteiger partial charge on any atom is -0.487 e. The normalized spacial score (nSPS) is 10.8. The third-order valence-electron chi connectivity index (χ3n) is 4.24. The number of aromatic nitrogens is 2. The molecule has 2 aromatic carbocycles. The number of nitrogens with zero attached hydrogens (tertiary/aromatic N) is 2. The average Bonchev–Trinajstić information content (AvgIpc) is 3.02. The van der Waals surface area contributed by atoms with Gasteiger partial charge in [0.1, 0.15) is 12.4 Å². The van der Waals surface area contributed by atoms with E-state index in [0.29, 0.717) is 29.5 Å². The minimum atomic E-state index is -0.0914. The Kier molecular flexibility index (Phi) is 7.75. The summed E-state index contributed by atoms with van der Waals surface area (Å²) in [6.45, 7) is 3.66. The van der Waals surface area contributed by atoms with E-state index in [1.165, 1.54) is 0 Å². The Morgan fingerprint density at radius 3 is 2.62 bits per heavy atom. The summed E-state index contributed by atoms with van der Waals surface area (Å²) in [7, 11) is 0. The molecule has 0 aliphatic heterocycles. The Hall–Kier alpha value is -1.83. The number of aryl methyl sites for hydroxylation is 2. The predicted octanol–water partition coefficient (Wildman–Crippen LogP) is 5.77. The molecule has 0 saturated heterocycles. The van der Waals surface area contributed by atoms with Gasteiger partial charge in [0.25, 0.3) is 5.91 Å². The second kappa shape index (κ2) is 10.3. The monoisotopic (exact) mass is 539 g/mol. The first-order chi connectivity index (χ1) is 13.9. The van der Waals surface area contributed by atoms with E-state index < -0.39 is 0 Å². The number of nitrogens with one attached hydrogen (secondary N) is 1. The molecule has 8 heteroatoms. The van der Waals surface area contributed by atoms with Crippen molar-refractivity contribution in [2.45, 2.75) is 26.5 Å². The molecule has 0 aliphatic rings. The van der Waals surface area contributed by atoms with Gasteiger partial charge in [-0.2, -0.15) is 5.10 Å². The van der Waals surface area contributed by atoms with Crippen LogP contribution in [0.25, 0.3) is 0 Å². The summed E-state index contributed by atoms with van der Waals surface area (Å²) >= 11 is 13.0. The summed E-state index contributed by atoms with van der Waals surface area (Å²) in [4.78, 5) is 12.3. The van der Waals surface area contributed by atoms with Gasteiger partial charge in [0.05, 0.1) is 15.2 Å². The van der Waals surface area contributed by atoms with Gasteiger partial charge in [0.2, 0.25) is 0 Å². The number of ether oxygens (including phenoxy) is 1. The van der Waals surface area contributed by atoms with Crippen LogP contribution in [0.1, 0.15) is 28.0 Å². The SMILES string of the molecule is Cc1nn(CCCNC(=O)c2ccc(COc3ccc(Br)cc3Cl)cc2)cc1Br. The van der Waals surface area contributed by atoms with E-state index in [1.807, 2.05) is 42.1 Å². The van der Waals surface area contributed by atoms with Crippen molar-refractivity contribution in [1.82, 2.24) is 15.1 Å². The lowest BCUT2D eigenvalue weighted by Gasteiger charge is -2.09. The van der Waals surface area contributed by atoms with Crippen LogP contribution >= 0.6 is 43.5 Å². The van der Waals surface area contributed by atoms with Crippen molar-refractivity contribution in [3.05, 3.63) is 79.5 Å². The second-order valence-electron chi connectivity index (χ2n) is 6.50. The fourth-order valence-corrected chi connectivity index (χ4v) is 3.70. The second-order valence-corrected chi connectivity index (χ2v) is 8.67. The number of hydrogen-bond acceptors (Lipinski definition) is 3. The molecule has 0 aliphatic carbocycles. The van der Waals surface area contributed by atoms with Crippen molar-refractivity contribution in [2.24, 2.45) is 0 Å². The number of hydrogen-bond donors (Lipinski definition) is 1. The van der Waals surface area contributed by atoms with Crippen molar-refractivity contribution < 1.29 is 9.53 Å². The zero-order valence-corrected chi connectivity index (χ0v) is 19.7. The predicted molar refractivity (Wildman–Crippen MR) is 122 cm³/mol.